The van der Waals surface area contributed by atoms with Gasteiger partial charge in [-0.15, -0.1) is 0 Å². The fourth-order valence-electron chi connectivity index (χ4n) is 3.61. The molecule has 0 saturated carbocycles. The molecule has 156 valence electrons. The van der Waals surface area contributed by atoms with Crippen LogP contribution in [-0.4, -0.2) is 0 Å². The van der Waals surface area contributed by atoms with Gasteiger partial charge in [-0.25, -0.2) is 24.3 Å². The van der Waals surface area contributed by atoms with E-state index in [1.54, 1.807) is 0 Å². The Labute approximate surface area is 207 Å². The van der Waals surface area contributed by atoms with E-state index in [0.717, 1.165) is 12.8 Å². The van der Waals surface area contributed by atoms with E-state index in [0.29, 0.717) is 11.8 Å². The van der Waals surface area contributed by atoms with Gasteiger partial charge in [0.15, 0.2) is 0 Å². The molecule has 0 unspecified atom stereocenters. The Morgan fingerprint density at radius 2 is 0.839 bits per heavy atom. The van der Waals surface area contributed by atoms with Crippen molar-refractivity contribution in [3.05, 3.63) is 146 Å². The largest absolute Gasteiger partial charge is 2.00 e. The van der Waals surface area contributed by atoms with Crippen LogP contribution in [0.15, 0.2) is 121 Å². The second kappa shape index (κ2) is 13.9. The van der Waals surface area contributed by atoms with Crippen LogP contribution in [0.25, 0.3) is 11.1 Å². The standard InChI is InChI=1S/C20H20.2C5H5.Zr/c1-15-13-19(17-9-5-3-6-10-17)20(14-16(15)2)18-11-7-4-8-12-18;2*1-2-4-5-3-1;/h3-12,15-16H,1-2,13-14H2;2*1-5H;/q-2;2*-1;+2/t15-,16+;;;. The summed E-state index contributed by atoms with van der Waals surface area (Å²) in [7, 11) is 0. The van der Waals surface area contributed by atoms with Crippen LogP contribution in [0.4, 0.5) is 0 Å². The molecule has 1 heteroatoms. The molecule has 0 amide bonds. The van der Waals surface area contributed by atoms with Crippen molar-refractivity contribution in [1.29, 1.82) is 0 Å². The molecule has 0 bridgehead atoms. The summed E-state index contributed by atoms with van der Waals surface area (Å²) >= 11 is 0. The van der Waals surface area contributed by atoms with Gasteiger partial charge in [-0.3, -0.25) is 0 Å². The van der Waals surface area contributed by atoms with Crippen molar-refractivity contribution in [2.75, 3.05) is 0 Å². The summed E-state index contributed by atoms with van der Waals surface area (Å²) in [6, 6.07) is 41.4. The Kier molecular flexibility index (Phi) is 11.3. The maximum Gasteiger partial charge on any atom is 2.00 e. The molecule has 4 aromatic rings. The molecule has 0 aliphatic heterocycles. The van der Waals surface area contributed by atoms with E-state index in [2.05, 4.69) is 74.5 Å². The summed E-state index contributed by atoms with van der Waals surface area (Å²) < 4.78 is 0. The first-order chi connectivity index (χ1) is 14.8. The van der Waals surface area contributed by atoms with Crippen LogP contribution in [0.1, 0.15) is 24.0 Å². The van der Waals surface area contributed by atoms with Gasteiger partial charge >= 0.3 is 26.2 Å². The monoisotopic (exact) mass is 480 g/mol. The van der Waals surface area contributed by atoms with E-state index in [9.17, 15) is 0 Å². The topological polar surface area (TPSA) is 0 Å². The molecule has 0 nitrogen and oxygen atoms in total. The Morgan fingerprint density at radius 3 is 1.10 bits per heavy atom. The maximum absolute atomic E-state index is 4.29. The van der Waals surface area contributed by atoms with Crippen molar-refractivity contribution in [3.63, 3.8) is 0 Å². The first-order valence-corrected chi connectivity index (χ1v) is 10.6. The van der Waals surface area contributed by atoms with E-state index < -0.39 is 0 Å². The molecule has 0 saturated heterocycles. The molecular weight excluding hydrogens is 452 g/mol. The fraction of sp³-hybridized carbons (Fsp3) is 0.133. The zero-order valence-corrected chi connectivity index (χ0v) is 20.5. The second-order valence-corrected chi connectivity index (χ2v) is 7.54. The molecule has 2 atom stereocenters. The van der Waals surface area contributed by atoms with Gasteiger partial charge in [0.25, 0.3) is 0 Å². The average molecular weight is 482 g/mol. The maximum atomic E-state index is 4.29. The molecular formula is C30H30Zr-2. The molecule has 0 heterocycles. The smallest absolute Gasteiger partial charge is 0.342 e. The normalized spacial score (nSPS) is 17.4. The van der Waals surface area contributed by atoms with E-state index >= 15 is 0 Å². The van der Waals surface area contributed by atoms with Gasteiger partial charge in [0, 0.05) is 0 Å². The molecule has 0 aromatic heterocycles. The third-order valence-corrected chi connectivity index (χ3v) is 5.32. The van der Waals surface area contributed by atoms with E-state index in [-0.39, 0.29) is 26.2 Å². The van der Waals surface area contributed by atoms with Crippen LogP contribution >= 0.6 is 0 Å². The van der Waals surface area contributed by atoms with Crippen LogP contribution in [0.2, 0.25) is 0 Å². The van der Waals surface area contributed by atoms with Gasteiger partial charge in [-0.05, 0) is 22.3 Å². The molecule has 1 aliphatic rings. The van der Waals surface area contributed by atoms with Gasteiger partial charge in [0.1, 0.15) is 0 Å². The van der Waals surface area contributed by atoms with E-state index in [1.165, 1.54) is 22.3 Å². The minimum atomic E-state index is 0. The van der Waals surface area contributed by atoms with Crippen LogP contribution < -0.4 is 0 Å². The molecule has 1 aliphatic carbocycles. The van der Waals surface area contributed by atoms with Crippen molar-refractivity contribution in [3.8, 4) is 0 Å². The van der Waals surface area contributed by atoms with Crippen molar-refractivity contribution in [1.82, 2.24) is 0 Å². The van der Waals surface area contributed by atoms with Crippen LogP contribution in [0, 0.1) is 25.7 Å². The molecule has 0 spiro atoms. The van der Waals surface area contributed by atoms with Crippen molar-refractivity contribution < 1.29 is 26.2 Å². The Morgan fingerprint density at radius 1 is 0.516 bits per heavy atom. The number of rotatable bonds is 2. The van der Waals surface area contributed by atoms with Crippen molar-refractivity contribution in [2.45, 2.75) is 12.8 Å². The van der Waals surface area contributed by atoms with Crippen LogP contribution in [-0.2, 0) is 26.2 Å². The minimum Gasteiger partial charge on any atom is -0.342 e. The molecule has 4 aromatic carbocycles. The van der Waals surface area contributed by atoms with Crippen molar-refractivity contribution >= 4 is 11.1 Å². The molecule has 0 radical (unpaired) electrons. The number of hydrogen-bond donors (Lipinski definition) is 0. The Hall–Kier alpha value is -2.24. The summed E-state index contributed by atoms with van der Waals surface area (Å²) in [5.74, 6) is 0.801. The van der Waals surface area contributed by atoms with Gasteiger partial charge < -0.3 is 13.8 Å². The summed E-state index contributed by atoms with van der Waals surface area (Å²) in [5.41, 5.74) is 5.53. The third kappa shape index (κ3) is 8.08. The molecule has 31 heavy (non-hydrogen) atoms. The summed E-state index contributed by atoms with van der Waals surface area (Å²) in [6.07, 6.45) is 2.03. The third-order valence-electron chi connectivity index (χ3n) is 5.32. The number of hydrogen-bond acceptors (Lipinski definition) is 0. The fourth-order valence-corrected chi connectivity index (χ4v) is 3.61. The zero-order chi connectivity index (χ0) is 21.0. The Balaban J connectivity index is 0.000000254. The summed E-state index contributed by atoms with van der Waals surface area (Å²) in [5, 5.41) is 0. The van der Waals surface area contributed by atoms with E-state index in [1.807, 2.05) is 60.7 Å². The summed E-state index contributed by atoms with van der Waals surface area (Å²) in [6.45, 7) is 8.57. The predicted octanol–water partition coefficient (Wildman–Crippen LogP) is 8.10. The number of allylic oxidation sites excluding steroid dienone is 2. The first-order valence-electron chi connectivity index (χ1n) is 10.6. The Bertz CT molecular complexity index is 832. The van der Waals surface area contributed by atoms with Crippen LogP contribution in [0.5, 0.6) is 0 Å². The van der Waals surface area contributed by atoms with Gasteiger partial charge in [-0.1, -0.05) is 73.5 Å². The van der Waals surface area contributed by atoms with Crippen LogP contribution in [0.3, 0.4) is 0 Å². The molecule has 0 N–H and O–H groups in total. The first kappa shape index (κ1) is 25.0. The van der Waals surface area contributed by atoms with Gasteiger partial charge in [-0.2, -0.15) is 48.2 Å². The van der Waals surface area contributed by atoms with Crippen molar-refractivity contribution in [2.24, 2.45) is 11.8 Å². The van der Waals surface area contributed by atoms with Gasteiger partial charge in [0.05, 0.1) is 0 Å². The van der Waals surface area contributed by atoms with E-state index in [4.69, 9.17) is 0 Å². The second-order valence-electron chi connectivity index (χ2n) is 7.54. The SMILES string of the molecule is [CH2-][C@@H]1CC(c2ccccc2)=C(c2ccccc2)C[C@@H]1[CH2-].[Zr+2].c1cc[cH-]c1.c1cc[cH-]c1. The zero-order valence-electron chi connectivity index (χ0n) is 18.0. The molecule has 5 rings (SSSR count). The average Bonchev–Trinajstić information content (AvgIpc) is 3.56. The summed E-state index contributed by atoms with van der Waals surface area (Å²) in [4.78, 5) is 0. The predicted molar refractivity (Wildman–Crippen MR) is 131 cm³/mol. The molecule has 0 fully saturated rings. The number of benzene rings is 2. The quantitative estimate of drug-likeness (QED) is 0.254. The van der Waals surface area contributed by atoms with Gasteiger partial charge in [0.2, 0.25) is 0 Å². The minimum absolute atomic E-state index is 0.